The number of ether oxygens (including phenoxy) is 1. The second kappa shape index (κ2) is 5.86. The van der Waals surface area contributed by atoms with Crippen LogP contribution in [0.15, 0.2) is 24.3 Å². The Bertz CT molecular complexity index is 705. The minimum Gasteiger partial charge on any atom is -0.465 e. The molecule has 2 fully saturated rings. The van der Waals surface area contributed by atoms with Crippen molar-refractivity contribution in [2.24, 2.45) is 11.8 Å². The minimum absolute atomic E-state index is 0.205. The van der Waals surface area contributed by atoms with E-state index in [1.165, 1.54) is 7.05 Å². The Labute approximate surface area is 145 Å². The Morgan fingerprint density at radius 1 is 1.29 bits per heavy atom. The fourth-order valence-corrected chi connectivity index (χ4v) is 3.83. The van der Waals surface area contributed by atoms with Crippen LogP contribution in [0.1, 0.15) is 25.5 Å². The molecule has 4 unspecified atom stereocenters. The molecule has 24 heavy (non-hydrogen) atoms. The molecule has 0 bridgehead atoms. The molecule has 3 rings (SSSR count). The number of likely N-dealkylation sites (tertiary alicyclic amines) is 1. The summed E-state index contributed by atoms with van der Waals surface area (Å²) in [5.74, 6) is -2.59. The third-order valence-corrected chi connectivity index (χ3v) is 5.19. The summed E-state index contributed by atoms with van der Waals surface area (Å²) in [5, 5.41) is 3.76. The van der Waals surface area contributed by atoms with Crippen LogP contribution >= 0.6 is 11.6 Å². The highest BCUT2D eigenvalue weighted by atomic mass is 35.5. The second-order valence-corrected chi connectivity index (χ2v) is 6.77. The summed E-state index contributed by atoms with van der Waals surface area (Å²) in [4.78, 5) is 38.8. The van der Waals surface area contributed by atoms with Gasteiger partial charge in [-0.25, -0.2) is 0 Å². The molecule has 0 spiro atoms. The third kappa shape index (κ3) is 2.32. The topological polar surface area (TPSA) is 75.7 Å². The number of carbonyl (C=O) groups is 3. The number of esters is 1. The van der Waals surface area contributed by atoms with Crippen molar-refractivity contribution in [3.63, 3.8) is 0 Å². The van der Waals surface area contributed by atoms with Gasteiger partial charge in [0.25, 0.3) is 0 Å². The molecule has 1 aromatic rings. The monoisotopic (exact) mass is 350 g/mol. The maximum absolute atomic E-state index is 12.6. The van der Waals surface area contributed by atoms with Gasteiger partial charge in [0.2, 0.25) is 11.8 Å². The van der Waals surface area contributed by atoms with Gasteiger partial charge in [0, 0.05) is 18.1 Å². The van der Waals surface area contributed by atoms with E-state index in [4.69, 9.17) is 16.3 Å². The largest absolute Gasteiger partial charge is 0.465 e. The molecule has 0 saturated carbocycles. The van der Waals surface area contributed by atoms with Gasteiger partial charge in [-0.1, -0.05) is 23.7 Å². The molecule has 1 aromatic carbocycles. The fourth-order valence-electron chi connectivity index (χ4n) is 3.71. The van der Waals surface area contributed by atoms with Gasteiger partial charge < -0.3 is 4.74 Å². The van der Waals surface area contributed by atoms with Crippen LogP contribution in [-0.4, -0.2) is 41.9 Å². The first-order valence-corrected chi connectivity index (χ1v) is 8.21. The first-order valence-electron chi connectivity index (χ1n) is 7.83. The number of benzene rings is 1. The number of nitrogens with one attached hydrogen (secondary N) is 1. The molecule has 1 N–H and O–H groups in total. The molecular formula is C17H19ClN2O4. The van der Waals surface area contributed by atoms with Crippen molar-refractivity contribution in [2.45, 2.75) is 25.4 Å². The first kappa shape index (κ1) is 16.9. The third-order valence-electron chi connectivity index (χ3n) is 4.94. The van der Waals surface area contributed by atoms with E-state index in [0.717, 1.165) is 10.5 Å². The molecule has 4 atom stereocenters. The first-order chi connectivity index (χ1) is 11.3. The van der Waals surface area contributed by atoms with E-state index in [1.807, 2.05) is 0 Å². The van der Waals surface area contributed by atoms with E-state index in [1.54, 1.807) is 38.1 Å². The van der Waals surface area contributed by atoms with Gasteiger partial charge in [0.15, 0.2) is 0 Å². The molecule has 2 amide bonds. The zero-order valence-corrected chi connectivity index (χ0v) is 14.5. The normalized spacial score (nSPS) is 32.2. The van der Waals surface area contributed by atoms with E-state index in [9.17, 15) is 14.4 Å². The lowest BCUT2D eigenvalue weighted by atomic mass is 9.80. The second-order valence-electron chi connectivity index (χ2n) is 6.34. The Morgan fingerprint density at radius 3 is 2.50 bits per heavy atom. The smallest absolute Gasteiger partial charge is 0.326 e. The number of imide groups is 1. The summed E-state index contributed by atoms with van der Waals surface area (Å²) in [7, 11) is 1.45. The fraction of sp³-hybridized carbons (Fsp3) is 0.471. The summed E-state index contributed by atoms with van der Waals surface area (Å²) in [6.07, 6.45) is 0. The quantitative estimate of drug-likeness (QED) is 0.661. The summed E-state index contributed by atoms with van der Waals surface area (Å²) < 4.78 is 5.15. The van der Waals surface area contributed by atoms with E-state index < -0.39 is 29.4 Å². The Balaban J connectivity index is 2.06. The van der Waals surface area contributed by atoms with Crippen molar-refractivity contribution < 1.29 is 19.1 Å². The van der Waals surface area contributed by atoms with Crippen LogP contribution in [0.2, 0.25) is 5.02 Å². The molecular weight excluding hydrogens is 332 g/mol. The van der Waals surface area contributed by atoms with Gasteiger partial charge in [-0.2, -0.15) is 0 Å². The van der Waals surface area contributed by atoms with E-state index in [2.05, 4.69) is 5.32 Å². The van der Waals surface area contributed by atoms with Gasteiger partial charge in [-0.3, -0.25) is 24.6 Å². The van der Waals surface area contributed by atoms with Crippen LogP contribution in [0.25, 0.3) is 0 Å². The highest BCUT2D eigenvalue weighted by Crippen LogP contribution is 2.48. The Kier molecular flexibility index (Phi) is 4.13. The van der Waals surface area contributed by atoms with Crippen LogP contribution in [-0.2, 0) is 19.1 Å². The molecule has 128 valence electrons. The highest BCUT2D eigenvalue weighted by Gasteiger charge is 2.66. The molecule has 0 radical (unpaired) electrons. The van der Waals surface area contributed by atoms with Crippen molar-refractivity contribution >= 4 is 29.4 Å². The number of hydrogen-bond acceptors (Lipinski definition) is 5. The van der Waals surface area contributed by atoms with Crippen LogP contribution in [0.4, 0.5) is 0 Å². The van der Waals surface area contributed by atoms with Crippen LogP contribution in [0.3, 0.4) is 0 Å². The Hall–Kier alpha value is -1.92. The molecule has 2 aliphatic rings. The van der Waals surface area contributed by atoms with Crippen LogP contribution < -0.4 is 5.32 Å². The van der Waals surface area contributed by atoms with Crippen molar-refractivity contribution in [3.8, 4) is 0 Å². The molecule has 2 aliphatic heterocycles. The SMILES string of the molecule is CCOC(=O)C1(C)NC(c2ccc(Cl)cc2)C2C(=O)N(C)C(=O)C21. The average molecular weight is 351 g/mol. The number of fused-ring (bicyclic) bond motifs is 1. The summed E-state index contributed by atoms with van der Waals surface area (Å²) in [5.41, 5.74) is -0.443. The number of amides is 2. The molecule has 2 heterocycles. The van der Waals surface area contributed by atoms with Crippen LogP contribution in [0.5, 0.6) is 0 Å². The van der Waals surface area contributed by atoms with Gasteiger partial charge >= 0.3 is 5.97 Å². The standard InChI is InChI=1S/C17H19ClN2O4/c1-4-24-16(23)17(2)12-11(14(21)20(3)15(12)22)13(19-17)9-5-7-10(18)8-6-9/h5-8,11-13,19H,4H2,1-3H3. The van der Waals surface area contributed by atoms with Crippen molar-refractivity contribution in [2.75, 3.05) is 13.7 Å². The van der Waals surface area contributed by atoms with Crippen molar-refractivity contribution in [1.29, 1.82) is 0 Å². The Morgan fingerprint density at radius 2 is 1.92 bits per heavy atom. The van der Waals surface area contributed by atoms with E-state index >= 15 is 0 Å². The molecule has 0 aliphatic carbocycles. The molecule has 6 nitrogen and oxygen atoms in total. The highest BCUT2D eigenvalue weighted by molar-refractivity contribution is 6.30. The van der Waals surface area contributed by atoms with E-state index in [-0.39, 0.29) is 18.4 Å². The van der Waals surface area contributed by atoms with Gasteiger partial charge in [-0.15, -0.1) is 0 Å². The number of hydrogen-bond donors (Lipinski definition) is 1. The maximum Gasteiger partial charge on any atom is 0.326 e. The molecule has 0 aromatic heterocycles. The zero-order chi connectivity index (χ0) is 17.6. The lowest BCUT2D eigenvalue weighted by Gasteiger charge is -2.28. The van der Waals surface area contributed by atoms with Gasteiger partial charge in [0.1, 0.15) is 5.54 Å². The van der Waals surface area contributed by atoms with E-state index in [0.29, 0.717) is 5.02 Å². The molecule has 7 heteroatoms. The number of rotatable bonds is 3. The predicted octanol–water partition coefficient (Wildman–Crippen LogP) is 1.54. The maximum atomic E-state index is 12.6. The summed E-state index contributed by atoms with van der Waals surface area (Å²) in [6, 6.07) is 6.58. The summed E-state index contributed by atoms with van der Waals surface area (Å²) in [6.45, 7) is 3.54. The van der Waals surface area contributed by atoms with Crippen LogP contribution in [0, 0.1) is 11.8 Å². The molecule has 2 saturated heterocycles. The average Bonchev–Trinajstić information content (AvgIpc) is 2.99. The van der Waals surface area contributed by atoms with Gasteiger partial charge in [-0.05, 0) is 31.5 Å². The lowest BCUT2D eigenvalue weighted by molar-refractivity contribution is -0.155. The number of halogens is 1. The zero-order valence-electron chi connectivity index (χ0n) is 13.7. The van der Waals surface area contributed by atoms with Crippen molar-refractivity contribution in [1.82, 2.24) is 10.2 Å². The lowest BCUT2D eigenvalue weighted by Crippen LogP contribution is -2.53. The number of carbonyl (C=O) groups excluding carboxylic acids is 3. The predicted molar refractivity (Wildman–Crippen MR) is 87.1 cm³/mol. The van der Waals surface area contributed by atoms with Crippen molar-refractivity contribution in [3.05, 3.63) is 34.9 Å². The summed E-state index contributed by atoms with van der Waals surface area (Å²) >= 11 is 5.93. The van der Waals surface area contributed by atoms with Gasteiger partial charge in [0.05, 0.1) is 18.4 Å². The minimum atomic E-state index is -1.25. The number of nitrogens with zero attached hydrogens (tertiary/aromatic N) is 1.